The summed E-state index contributed by atoms with van der Waals surface area (Å²) in [6.45, 7) is -0.154. The lowest BCUT2D eigenvalue weighted by molar-refractivity contribution is -0.113. The summed E-state index contributed by atoms with van der Waals surface area (Å²) < 4.78 is 32.5. The largest absolute Gasteiger partial charge is 0.414 e. The van der Waals surface area contributed by atoms with Crippen LogP contribution in [-0.2, 0) is 11.3 Å². The molecule has 0 spiro atoms. The number of para-hydroxylation sites is 1. The number of nitrogens with zero attached hydrogens (tertiary/aromatic N) is 2. The maximum absolute atomic E-state index is 13.7. The standard InChI is InChI=1S/C18H13ClF2N4O3S/c19-10-4-3-6-12(21)16(10)17(27)22-8-15-24-25-18(28-15)29-9-14(26)23-13-7-2-1-5-11(13)20/h1-7H,8-9H2,(H,22,27)(H,23,26). The van der Waals surface area contributed by atoms with E-state index in [-0.39, 0.29) is 39.7 Å². The first kappa shape index (κ1) is 20.7. The lowest BCUT2D eigenvalue weighted by Crippen LogP contribution is -2.24. The molecule has 0 atom stereocenters. The third-order valence-electron chi connectivity index (χ3n) is 3.51. The van der Waals surface area contributed by atoms with Crippen molar-refractivity contribution in [2.24, 2.45) is 0 Å². The Bertz CT molecular complexity index is 1030. The van der Waals surface area contributed by atoms with Crippen molar-refractivity contribution in [3.8, 4) is 0 Å². The van der Waals surface area contributed by atoms with Gasteiger partial charge in [0.1, 0.15) is 11.6 Å². The normalized spacial score (nSPS) is 10.6. The number of hydrogen-bond donors (Lipinski definition) is 2. The van der Waals surface area contributed by atoms with E-state index in [0.717, 1.165) is 17.8 Å². The van der Waals surface area contributed by atoms with Gasteiger partial charge < -0.3 is 15.1 Å². The number of amides is 2. The predicted molar refractivity (Wildman–Crippen MR) is 103 cm³/mol. The number of halogens is 3. The number of benzene rings is 2. The Balaban J connectivity index is 1.50. The van der Waals surface area contributed by atoms with Crippen LogP contribution in [0.1, 0.15) is 16.2 Å². The summed E-state index contributed by atoms with van der Waals surface area (Å²) in [6.07, 6.45) is 0. The molecule has 3 rings (SSSR count). The SMILES string of the molecule is O=C(CSc1nnc(CNC(=O)c2c(F)cccc2Cl)o1)Nc1ccccc1F. The van der Waals surface area contributed by atoms with Crippen LogP contribution in [0.15, 0.2) is 52.1 Å². The third kappa shape index (κ3) is 5.52. The Morgan fingerprint density at radius 2 is 1.83 bits per heavy atom. The molecule has 0 bridgehead atoms. The number of carbonyl (C=O) groups excluding carboxylic acids is 2. The molecular weight excluding hydrogens is 426 g/mol. The second-order valence-electron chi connectivity index (χ2n) is 5.56. The van der Waals surface area contributed by atoms with Crippen LogP contribution in [-0.4, -0.2) is 27.8 Å². The molecule has 0 saturated carbocycles. The Labute approximate surface area is 172 Å². The Hall–Kier alpha value is -2.98. The fraction of sp³-hybridized carbons (Fsp3) is 0.111. The van der Waals surface area contributed by atoms with Gasteiger partial charge in [-0.25, -0.2) is 8.78 Å². The van der Waals surface area contributed by atoms with Gasteiger partial charge in [0.25, 0.3) is 11.1 Å². The topological polar surface area (TPSA) is 97.1 Å². The van der Waals surface area contributed by atoms with Gasteiger partial charge >= 0.3 is 0 Å². The summed E-state index contributed by atoms with van der Waals surface area (Å²) in [6, 6.07) is 9.68. The van der Waals surface area contributed by atoms with Gasteiger partial charge in [-0.2, -0.15) is 0 Å². The van der Waals surface area contributed by atoms with Crippen molar-refractivity contribution in [3.63, 3.8) is 0 Å². The van der Waals surface area contributed by atoms with Gasteiger partial charge in [-0.3, -0.25) is 9.59 Å². The van der Waals surface area contributed by atoms with Crippen molar-refractivity contribution >= 4 is 40.9 Å². The highest BCUT2D eigenvalue weighted by Gasteiger charge is 2.17. The minimum atomic E-state index is -0.752. The molecule has 150 valence electrons. The van der Waals surface area contributed by atoms with E-state index < -0.39 is 23.4 Å². The zero-order chi connectivity index (χ0) is 20.8. The highest BCUT2D eigenvalue weighted by molar-refractivity contribution is 7.99. The second-order valence-corrected chi connectivity index (χ2v) is 6.89. The number of anilines is 1. The maximum atomic E-state index is 13.7. The van der Waals surface area contributed by atoms with Gasteiger partial charge in [0, 0.05) is 0 Å². The quantitative estimate of drug-likeness (QED) is 0.546. The number of thioether (sulfide) groups is 1. The molecule has 1 aromatic heterocycles. The van der Waals surface area contributed by atoms with Crippen molar-refractivity contribution < 1.29 is 22.8 Å². The molecular formula is C18H13ClF2N4O3S. The zero-order valence-corrected chi connectivity index (χ0v) is 16.2. The average molecular weight is 439 g/mol. The summed E-state index contributed by atoms with van der Waals surface area (Å²) in [4.78, 5) is 24.0. The molecule has 11 heteroatoms. The van der Waals surface area contributed by atoms with Crippen LogP contribution in [0.3, 0.4) is 0 Å². The summed E-state index contributed by atoms with van der Waals surface area (Å²) in [5, 5.41) is 12.4. The maximum Gasteiger partial charge on any atom is 0.277 e. The van der Waals surface area contributed by atoms with Crippen molar-refractivity contribution in [3.05, 3.63) is 70.6 Å². The fourth-order valence-corrected chi connectivity index (χ4v) is 3.03. The minimum absolute atomic E-state index is 0.0230. The van der Waals surface area contributed by atoms with Crippen LogP contribution in [0.25, 0.3) is 0 Å². The van der Waals surface area contributed by atoms with Crippen molar-refractivity contribution in [2.75, 3.05) is 11.1 Å². The molecule has 0 radical (unpaired) electrons. The van der Waals surface area contributed by atoms with Crippen LogP contribution < -0.4 is 10.6 Å². The smallest absolute Gasteiger partial charge is 0.277 e. The van der Waals surface area contributed by atoms with E-state index in [1.54, 1.807) is 6.07 Å². The molecule has 0 aliphatic carbocycles. The number of hydrogen-bond acceptors (Lipinski definition) is 6. The van der Waals surface area contributed by atoms with E-state index in [0.29, 0.717) is 0 Å². The van der Waals surface area contributed by atoms with Crippen LogP contribution in [0.5, 0.6) is 0 Å². The van der Waals surface area contributed by atoms with Crippen LogP contribution in [0.4, 0.5) is 14.5 Å². The molecule has 0 unspecified atom stereocenters. The molecule has 29 heavy (non-hydrogen) atoms. The lowest BCUT2D eigenvalue weighted by atomic mass is 10.2. The molecule has 2 amide bonds. The molecule has 2 N–H and O–H groups in total. The van der Waals surface area contributed by atoms with Gasteiger partial charge in [0.2, 0.25) is 11.8 Å². The van der Waals surface area contributed by atoms with E-state index in [2.05, 4.69) is 20.8 Å². The van der Waals surface area contributed by atoms with Crippen molar-refractivity contribution in [2.45, 2.75) is 11.8 Å². The van der Waals surface area contributed by atoms with E-state index in [4.69, 9.17) is 16.0 Å². The molecule has 3 aromatic rings. The van der Waals surface area contributed by atoms with E-state index >= 15 is 0 Å². The van der Waals surface area contributed by atoms with Crippen molar-refractivity contribution in [1.29, 1.82) is 0 Å². The van der Waals surface area contributed by atoms with Crippen LogP contribution >= 0.6 is 23.4 Å². The van der Waals surface area contributed by atoms with Gasteiger partial charge in [-0.05, 0) is 24.3 Å². The molecule has 0 saturated heterocycles. The summed E-state index contributed by atoms with van der Waals surface area (Å²) >= 11 is 6.77. The first-order valence-corrected chi connectivity index (χ1v) is 9.52. The van der Waals surface area contributed by atoms with Gasteiger partial charge in [0.05, 0.1) is 28.6 Å². The molecule has 1 heterocycles. The Kier molecular flexibility index (Phi) is 6.78. The monoisotopic (exact) mass is 438 g/mol. The molecule has 2 aromatic carbocycles. The van der Waals surface area contributed by atoms with Gasteiger partial charge in [0.15, 0.2) is 0 Å². The van der Waals surface area contributed by atoms with E-state index in [1.807, 2.05) is 0 Å². The first-order chi connectivity index (χ1) is 13.9. The average Bonchev–Trinajstić information content (AvgIpc) is 3.14. The second kappa shape index (κ2) is 9.48. The van der Waals surface area contributed by atoms with E-state index in [9.17, 15) is 18.4 Å². The van der Waals surface area contributed by atoms with Gasteiger partial charge in [-0.15, -0.1) is 10.2 Å². The Morgan fingerprint density at radius 3 is 2.59 bits per heavy atom. The summed E-state index contributed by atoms with van der Waals surface area (Å²) in [7, 11) is 0. The first-order valence-electron chi connectivity index (χ1n) is 8.16. The van der Waals surface area contributed by atoms with Crippen LogP contribution in [0.2, 0.25) is 5.02 Å². The number of rotatable bonds is 7. The number of aromatic nitrogens is 2. The molecule has 0 fully saturated rings. The lowest BCUT2D eigenvalue weighted by Gasteiger charge is -2.05. The summed E-state index contributed by atoms with van der Waals surface area (Å²) in [5.74, 6) is -2.52. The highest BCUT2D eigenvalue weighted by Crippen LogP contribution is 2.20. The minimum Gasteiger partial charge on any atom is -0.414 e. The fourth-order valence-electron chi connectivity index (χ4n) is 2.20. The highest BCUT2D eigenvalue weighted by atomic mass is 35.5. The molecule has 0 aliphatic rings. The van der Waals surface area contributed by atoms with Gasteiger partial charge in [-0.1, -0.05) is 41.6 Å². The van der Waals surface area contributed by atoms with Crippen LogP contribution in [0, 0.1) is 11.6 Å². The summed E-state index contributed by atoms with van der Waals surface area (Å²) in [5.41, 5.74) is -0.216. The predicted octanol–water partition coefficient (Wildman–Crippen LogP) is 3.66. The third-order valence-corrected chi connectivity index (χ3v) is 4.65. The number of carbonyl (C=O) groups is 2. The molecule has 7 nitrogen and oxygen atoms in total. The zero-order valence-electron chi connectivity index (χ0n) is 14.6. The number of nitrogens with one attached hydrogen (secondary N) is 2. The Morgan fingerprint density at radius 1 is 1.07 bits per heavy atom. The van der Waals surface area contributed by atoms with Crippen molar-refractivity contribution in [1.82, 2.24) is 15.5 Å². The molecule has 0 aliphatic heterocycles. The van der Waals surface area contributed by atoms with E-state index in [1.165, 1.54) is 30.3 Å².